The van der Waals surface area contributed by atoms with E-state index in [-0.39, 0.29) is 0 Å². The number of hydrogen-bond donors (Lipinski definition) is 0. The van der Waals surface area contributed by atoms with Crippen LogP contribution >= 0.6 is 11.3 Å². The van der Waals surface area contributed by atoms with Gasteiger partial charge in [-0.15, -0.1) is 11.3 Å². The fraction of sp³-hybridized carbons (Fsp3) is 0. The molecule has 0 aliphatic rings. The number of thiophene rings is 1. The van der Waals surface area contributed by atoms with E-state index in [1.807, 2.05) is 41.9 Å². The number of anilines is 3. The summed E-state index contributed by atoms with van der Waals surface area (Å²) < 4.78 is 15.0. The molecule has 5 aromatic heterocycles. The smallest absolute Gasteiger partial charge is 0.138 e. The van der Waals surface area contributed by atoms with Gasteiger partial charge in [-0.05, 0) is 71.4 Å². The first kappa shape index (κ1) is 23.8. The molecule has 0 amide bonds. The summed E-state index contributed by atoms with van der Waals surface area (Å²) in [5.41, 5.74) is 6.41. The summed E-state index contributed by atoms with van der Waals surface area (Å²) in [6.07, 6.45) is 7.27. The first-order valence-corrected chi connectivity index (χ1v) is 15.3. The molecule has 44 heavy (non-hydrogen) atoms. The van der Waals surface area contributed by atoms with Crippen molar-refractivity contribution in [2.45, 2.75) is 0 Å². The number of nitrogens with zero attached hydrogens (tertiary/aromatic N) is 3. The Kier molecular flexibility index (Phi) is 4.81. The zero-order valence-electron chi connectivity index (χ0n) is 23.2. The molecule has 5 aromatic carbocycles. The SMILES string of the molecule is c1ccc2c(c1)ccc1sc3cc(N(c4ccc5c(c4)oc4ccncc45)c4ccc5oc6ccncc6c5c4)ccc3c12. The van der Waals surface area contributed by atoms with Crippen LogP contribution < -0.4 is 4.90 Å². The van der Waals surface area contributed by atoms with Gasteiger partial charge in [0.2, 0.25) is 0 Å². The fourth-order valence-electron chi connectivity index (χ4n) is 6.62. The van der Waals surface area contributed by atoms with Crippen LogP contribution in [0.5, 0.6) is 0 Å². The van der Waals surface area contributed by atoms with E-state index in [2.05, 4.69) is 99.8 Å². The molecule has 0 unspecified atom stereocenters. The Hall–Kier alpha value is -5.72. The molecule has 0 spiro atoms. The lowest BCUT2D eigenvalue weighted by Crippen LogP contribution is -2.09. The van der Waals surface area contributed by atoms with Crippen molar-refractivity contribution in [2.75, 3.05) is 4.90 Å². The van der Waals surface area contributed by atoms with Crippen molar-refractivity contribution >= 4 is 103 Å². The number of hydrogen-bond acceptors (Lipinski definition) is 6. The van der Waals surface area contributed by atoms with Crippen molar-refractivity contribution < 1.29 is 8.83 Å². The number of furan rings is 2. The second-order valence-corrected chi connectivity index (χ2v) is 12.2. The van der Waals surface area contributed by atoms with E-state index in [1.165, 1.54) is 30.9 Å². The molecule has 0 aliphatic carbocycles. The van der Waals surface area contributed by atoms with E-state index >= 15 is 0 Å². The molecule has 6 heteroatoms. The molecule has 0 N–H and O–H groups in total. The molecular weight excluding hydrogens is 563 g/mol. The molecule has 5 nitrogen and oxygen atoms in total. The largest absolute Gasteiger partial charge is 0.456 e. The average molecular weight is 584 g/mol. The lowest BCUT2D eigenvalue weighted by molar-refractivity contribution is 0.668. The molecule has 0 atom stereocenters. The summed E-state index contributed by atoms with van der Waals surface area (Å²) in [4.78, 5) is 11.0. The Morgan fingerprint density at radius 2 is 1.16 bits per heavy atom. The van der Waals surface area contributed by atoms with Crippen molar-refractivity contribution in [1.82, 2.24) is 9.97 Å². The molecule has 0 bridgehead atoms. The molecule has 0 saturated carbocycles. The predicted molar refractivity (Wildman–Crippen MR) is 182 cm³/mol. The van der Waals surface area contributed by atoms with E-state index < -0.39 is 0 Å². The second-order valence-electron chi connectivity index (χ2n) is 11.1. The summed E-state index contributed by atoms with van der Waals surface area (Å²) >= 11 is 1.83. The Morgan fingerprint density at radius 1 is 0.477 bits per heavy atom. The molecule has 0 fully saturated rings. The minimum Gasteiger partial charge on any atom is -0.456 e. The molecule has 0 radical (unpaired) electrons. The molecule has 206 valence electrons. The third-order valence-electron chi connectivity index (χ3n) is 8.63. The Bertz CT molecular complexity index is 2750. The fourth-order valence-corrected chi connectivity index (χ4v) is 7.77. The van der Waals surface area contributed by atoms with Crippen LogP contribution in [0.2, 0.25) is 0 Å². The molecule has 0 aliphatic heterocycles. The highest BCUT2D eigenvalue weighted by Crippen LogP contribution is 2.44. The monoisotopic (exact) mass is 583 g/mol. The van der Waals surface area contributed by atoms with Gasteiger partial charge in [0.25, 0.3) is 0 Å². The van der Waals surface area contributed by atoms with Crippen LogP contribution in [0, 0.1) is 0 Å². The maximum absolute atomic E-state index is 6.29. The van der Waals surface area contributed by atoms with Gasteiger partial charge in [0.1, 0.15) is 22.3 Å². The van der Waals surface area contributed by atoms with Crippen LogP contribution in [0.1, 0.15) is 0 Å². The topological polar surface area (TPSA) is 55.3 Å². The molecule has 5 heterocycles. The first-order valence-electron chi connectivity index (χ1n) is 14.5. The highest BCUT2D eigenvalue weighted by molar-refractivity contribution is 7.26. The maximum atomic E-state index is 6.29. The highest BCUT2D eigenvalue weighted by Gasteiger charge is 2.19. The van der Waals surface area contributed by atoms with Gasteiger partial charge in [-0.3, -0.25) is 9.97 Å². The standard InChI is InChI=1S/C38H21N3O2S/c1-2-4-26-22(3-1)5-12-36-38(26)28-10-7-25(19-37(28)44-36)41(23-8-11-32-29(17-23)31-21-40-16-14-34(31)42-32)24-6-9-27-30-20-39-15-13-33(30)43-35(27)18-24/h1-21H. The average Bonchev–Trinajstić information content (AvgIpc) is 3.75. The van der Waals surface area contributed by atoms with Gasteiger partial charge in [0.05, 0.1) is 0 Å². The minimum absolute atomic E-state index is 0.823. The summed E-state index contributed by atoms with van der Waals surface area (Å²) in [5, 5.41) is 9.22. The zero-order chi connectivity index (χ0) is 28.8. The third-order valence-corrected chi connectivity index (χ3v) is 9.75. The Morgan fingerprint density at radius 3 is 2.02 bits per heavy atom. The van der Waals surface area contributed by atoms with Gasteiger partial charge in [0, 0.05) is 89.6 Å². The highest BCUT2D eigenvalue weighted by atomic mass is 32.1. The molecule has 0 saturated heterocycles. The van der Waals surface area contributed by atoms with Crippen molar-refractivity contribution in [3.8, 4) is 0 Å². The van der Waals surface area contributed by atoms with E-state index in [4.69, 9.17) is 8.83 Å². The number of rotatable bonds is 3. The van der Waals surface area contributed by atoms with E-state index in [9.17, 15) is 0 Å². The quantitative estimate of drug-likeness (QED) is 0.207. The van der Waals surface area contributed by atoms with E-state index in [1.54, 1.807) is 12.4 Å². The van der Waals surface area contributed by atoms with Gasteiger partial charge < -0.3 is 13.7 Å². The summed E-state index contributed by atoms with van der Waals surface area (Å²) in [7, 11) is 0. The van der Waals surface area contributed by atoms with Crippen LogP contribution in [0.3, 0.4) is 0 Å². The Labute approximate surface area is 254 Å². The number of fused-ring (bicyclic) bond motifs is 11. The normalized spacial score (nSPS) is 12.1. The van der Waals surface area contributed by atoms with Crippen LogP contribution in [-0.4, -0.2) is 9.97 Å². The Balaban J connectivity index is 1.22. The van der Waals surface area contributed by atoms with Crippen molar-refractivity contribution in [2.24, 2.45) is 0 Å². The molecule has 10 aromatic rings. The number of aromatic nitrogens is 2. The number of pyridine rings is 2. The summed E-state index contributed by atoms with van der Waals surface area (Å²) in [6, 6.07) is 36.5. The van der Waals surface area contributed by atoms with Crippen LogP contribution in [0.15, 0.2) is 137 Å². The molecular formula is C38H21N3O2S. The van der Waals surface area contributed by atoms with Crippen LogP contribution in [0.4, 0.5) is 17.1 Å². The first-order chi connectivity index (χ1) is 21.8. The third kappa shape index (κ3) is 3.40. The van der Waals surface area contributed by atoms with Gasteiger partial charge in [-0.1, -0.05) is 36.4 Å². The predicted octanol–water partition coefficient (Wildman–Crippen LogP) is 11.3. The van der Waals surface area contributed by atoms with Gasteiger partial charge in [-0.25, -0.2) is 0 Å². The maximum Gasteiger partial charge on any atom is 0.138 e. The molecule has 10 rings (SSSR count). The minimum atomic E-state index is 0.823. The van der Waals surface area contributed by atoms with Gasteiger partial charge in [-0.2, -0.15) is 0 Å². The lowest BCUT2D eigenvalue weighted by atomic mass is 10.0. The van der Waals surface area contributed by atoms with Gasteiger partial charge in [0.15, 0.2) is 0 Å². The van der Waals surface area contributed by atoms with Crippen molar-refractivity contribution in [3.63, 3.8) is 0 Å². The van der Waals surface area contributed by atoms with Crippen LogP contribution in [0.25, 0.3) is 74.8 Å². The van der Waals surface area contributed by atoms with Crippen molar-refractivity contribution in [3.05, 3.63) is 128 Å². The second kappa shape index (κ2) is 8.89. The summed E-state index contributed by atoms with van der Waals surface area (Å²) in [5.74, 6) is 0. The zero-order valence-corrected chi connectivity index (χ0v) is 24.0. The number of benzene rings is 5. The van der Waals surface area contributed by atoms with E-state index in [0.29, 0.717) is 0 Å². The van der Waals surface area contributed by atoms with Crippen LogP contribution in [-0.2, 0) is 0 Å². The van der Waals surface area contributed by atoms with Crippen molar-refractivity contribution in [1.29, 1.82) is 0 Å². The van der Waals surface area contributed by atoms with E-state index in [0.717, 1.165) is 60.9 Å². The van der Waals surface area contributed by atoms with Gasteiger partial charge >= 0.3 is 0 Å². The lowest BCUT2D eigenvalue weighted by Gasteiger charge is -2.25. The summed E-state index contributed by atoms with van der Waals surface area (Å²) in [6.45, 7) is 0.